The summed E-state index contributed by atoms with van der Waals surface area (Å²) in [7, 11) is 0. The Bertz CT molecular complexity index is 724. The highest BCUT2D eigenvalue weighted by Crippen LogP contribution is 2.20. The molecule has 0 saturated carbocycles. The van der Waals surface area contributed by atoms with Crippen LogP contribution in [-0.4, -0.2) is 9.38 Å². The van der Waals surface area contributed by atoms with E-state index in [9.17, 15) is 0 Å². The average Bonchev–Trinajstić information content (AvgIpc) is 2.81. The van der Waals surface area contributed by atoms with Crippen molar-refractivity contribution in [3.05, 3.63) is 64.5 Å². The number of fused-ring (bicyclic) bond motifs is 1. The van der Waals surface area contributed by atoms with E-state index in [1.54, 1.807) is 12.1 Å². The summed E-state index contributed by atoms with van der Waals surface area (Å²) < 4.78 is 7.51. The van der Waals surface area contributed by atoms with Crippen LogP contribution in [-0.2, 0) is 6.61 Å². The van der Waals surface area contributed by atoms with Gasteiger partial charge in [-0.3, -0.25) is 0 Å². The molecular formula is C14H10Cl2N2O. The monoisotopic (exact) mass is 292 g/mol. The number of hydrogen-bond acceptors (Lipinski definition) is 2. The third kappa shape index (κ3) is 2.67. The van der Waals surface area contributed by atoms with Crippen molar-refractivity contribution in [2.45, 2.75) is 6.61 Å². The largest absolute Gasteiger partial charge is 0.487 e. The molecule has 96 valence electrons. The summed E-state index contributed by atoms with van der Waals surface area (Å²) in [5.41, 5.74) is 1.54. The number of halogens is 2. The Hall–Kier alpha value is -1.71. The number of ether oxygens (including phenoxy) is 1. The molecule has 0 fully saturated rings. The molecule has 0 aliphatic rings. The van der Waals surface area contributed by atoms with E-state index in [-0.39, 0.29) is 0 Å². The highest BCUT2D eigenvalue weighted by atomic mass is 35.5. The van der Waals surface area contributed by atoms with Crippen LogP contribution in [0.3, 0.4) is 0 Å². The highest BCUT2D eigenvalue weighted by molar-refractivity contribution is 6.33. The lowest BCUT2D eigenvalue weighted by molar-refractivity contribution is 0.302. The molecule has 0 unspecified atom stereocenters. The quantitative estimate of drug-likeness (QED) is 0.722. The van der Waals surface area contributed by atoms with E-state index in [2.05, 4.69) is 4.98 Å². The molecule has 2 aromatic heterocycles. The average molecular weight is 293 g/mol. The van der Waals surface area contributed by atoms with Crippen molar-refractivity contribution < 1.29 is 4.74 Å². The van der Waals surface area contributed by atoms with Crippen LogP contribution in [0.4, 0.5) is 0 Å². The molecular weight excluding hydrogens is 283 g/mol. The van der Waals surface area contributed by atoms with E-state index in [1.807, 2.05) is 41.1 Å². The zero-order chi connectivity index (χ0) is 13.2. The first kappa shape index (κ1) is 12.3. The molecule has 3 aromatic rings. The van der Waals surface area contributed by atoms with Gasteiger partial charge in [0, 0.05) is 17.4 Å². The van der Waals surface area contributed by atoms with E-state index in [0.29, 0.717) is 16.7 Å². The molecule has 3 rings (SSSR count). The predicted octanol–water partition coefficient (Wildman–Crippen LogP) is 4.22. The molecule has 0 saturated heterocycles. The summed E-state index contributed by atoms with van der Waals surface area (Å²) in [5, 5.41) is 1.27. The van der Waals surface area contributed by atoms with Gasteiger partial charge in [0.2, 0.25) is 0 Å². The van der Waals surface area contributed by atoms with Crippen LogP contribution in [0, 0.1) is 0 Å². The summed E-state index contributed by atoms with van der Waals surface area (Å²) >= 11 is 12.0. The first-order valence-corrected chi connectivity index (χ1v) is 6.48. The molecule has 5 heteroatoms. The zero-order valence-electron chi connectivity index (χ0n) is 9.88. The summed E-state index contributed by atoms with van der Waals surface area (Å²) in [6.45, 7) is 0.373. The number of hydrogen-bond donors (Lipinski definition) is 0. The van der Waals surface area contributed by atoms with Gasteiger partial charge in [0.25, 0.3) is 0 Å². The Labute approximate surface area is 120 Å². The number of pyridine rings is 1. The second-order valence-electron chi connectivity index (χ2n) is 4.07. The summed E-state index contributed by atoms with van der Waals surface area (Å²) in [4.78, 5) is 4.42. The Morgan fingerprint density at radius 1 is 1.16 bits per heavy atom. The maximum atomic E-state index is 6.07. The maximum Gasteiger partial charge on any atom is 0.155 e. The molecule has 2 heterocycles. The van der Waals surface area contributed by atoms with Crippen LogP contribution in [0.15, 0.2) is 48.8 Å². The third-order valence-electron chi connectivity index (χ3n) is 2.67. The molecule has 3 nitrogen and oxygen atoms in total. The maximum absolute atomic E-state index is 6.07. The minimum Gasteiger partial charge on any atom is -0.487 e. The molecule has 1 aromatic carbocycles. The second-order valence-corrected chi connectivity index (χ2v) is 4.91. The van der Waals surface area contributed by atoms with Gasteiger partial charge >= 0.3 is 0 Å². The van der Waals surface area contributed by atoms with Crippen molar-refractivity contribution in [1.29, 1.82) is 0 Å². The number of aromatic nitrogens is 2. The van der Waals surface area contributed by atoms with Gasteiger partial charge in [-0.15, -0.1) is 0 Å². The van der Waals surface area contributed by atoms with Crippen LogP contribution in [0.25, 0.3) is 5.65 Å². The molecule has 0 spiro atoms. The Kier molecular flexibility index (Phi) is 3.32. The number of nitrogens with zero attached hydrogens (tertiary/aromatic N) is 2. The topological polar surface area (TPSA) is 26.5 Å². The first-order chi connectivity index (χ1) is 9.22. The zero-order valence-corrected chi connectivity index (χ0v) is 11.4. The van der Waals surface area contributed by atoms with Gasteiger partial charge in [0.1, 0.15) is 12.4 Å². The van der Waals surface area contributed by atoms with E-state index in [1.165, 1.54) is 0 Å². The SMILES string of the molecule is Clc1cccc(OCc2cn3cccc(Cl)c3n2)c1. The molecule has 0 aliphatic heterocycles. The lowest BCUT2D eigenvalue weighted by Gasteiger charge is -2.03. The fourth-order valence-electron chi connectivity index (χ4n) is 1.81. The van der Waals surface area contributed by atoms with Crippen molar-refractivity contribution in [2.24, 2.45) is 0 Å². The van der Waals surface area contributed by atoms with E-state index < -0.39 is 0 Å². The second kappa shape index (κ2) is 5.11. The normalized spacial score (nSPS) is 10.8. The van der Waals surface area contributed by atoms with Crippen LogP contribution < -0.4 is 4.74 Å². The van der Waals surface area contributed by atoms with Gasteiger partial charge in [-0.25, -0.2) is 4.98 Å². The highest BCUT2D eigenvalue weighted by Gasteiger charge is 2.05. The molecule has 0 bridgehead atoms. The minimum absolute atomic E-state index is 0.373. The van der Waals surface area contributed by atoms with Crippen molar-refractivity contribution in [3.63, 3.8) is 0 Å². The summed E-state index contributed by atoms with van der Waals surface area (Å²) in [6, 6.07) is 11.0. The van der Waals surface area contributed by atoms with Gasteiger partial charge in [-0.2, -0.15) is 0 Å². The van der Waals surface area contributed by atoms with Gasteiger partial charge < -0.3 is 9.14 Å². The molecule has 19 heavy (non-hydrogen) atoms. The van der Waals surface area contributed by atoms with Gasteiger partial charge in [-0.1, -0.05) is 29.3 Å². The predicted molar refractivity (Wildman–Crippen MR) is 76.0 cm³/mol. The molecule has 0 atom stereocenters. The van der Waals surface area contributed by atoms with Gasteiger partial charge in [0.05, 0.1) is 10.7 Å². The Morgan fingerprint density at radius 3 is 2.84 bits per heavy atom. The third-order valence-corrected chi connectivity index (χ3v) is 3.20. The van der Waals surface area contributed by atoms with Crippen molar-refractivity contribution >= 4 is 28.8 Å². The standard InChI is InChI=1S/C14H10Cl2N2O/c15-10-3-1-4-12(7-10)19-9-11-8-18-6-2-5-13(16)14(18)17-11/h1-8H,9H2. The molecule has 0 radical (unpaired) electrons. The number of rotatable bonds is 3. The first-order valence-electron chi connectivity index (χ1n) is 5.73. The van der Waals surface area contributed by atoms with Crippen molar-refractivity contribution in [2.75, 3.05) is 0 Å². The van der Waals surface area contributed by atoms with E-state index in [0.717, 1.165) is 17.1 Å². The fourth-order valence-corrected chi connectivity index (χ4v) is 2.21. The molecule has 0 amide bonds. The molecule has 0 aliphatic carbocycles. The van der Waals surface area contributed by atoms with Gasteiger partial charge in [-0.05, 0) is 30.3 Å². The number of imidazole rings is 1. The van der Waals surface area contributed by atoms with Gasteiger partial charge in [0.15, 0.2) is 5.65 Å². The number of benzene rings is 1. The smallest absolute Gasteiger partial charge is 0.155 e. The van der Waals surface area contributed by atoms with Crippen molar-refractivity contribution in [3.8, 4) is 5.75 Å². The fraction of sp³-hybridized carbons (Fsp3) is 0.0714. The van der Waals surface area contributed by atoms with Crippen LogP contribution in [0.1, 0.15) is 5.69 Å². The van der Waals surface area contributed by atoms with Crippen LogP contribution >= 0.6 is 23.2 Å². The molecule has 0 N–H and O–H groups in total. The van der Waals surface area contributed by atoms with Crippen molar-refractivity contribution in [1.82, 2.24) is 9.38 Å². The van der Waals surface area contributed by atoms with E-state index >= 15 is 0 Å². The lowest BCUT2D eigenvalue weighted by Crippen LogP contribution is -1.95. The lowest BCUT2D eigenvalue weighted by atomic mass is 10.3. The van der Waals surface area contributed by atoms with E-state index in [4.69, 9.17) is 27.9 Å². The Morgan fingerprint density at radius 2 is 2.05 bits per heavy atom. The van der Waals surface area contributed by atoms with Crippen LogP contribution in [0.2, 0.25) is 10.0 Å². The van der Waals surface area contributed by atoms with Crippen LogP contribution in [0.5, 0.6) is 5.75 Å². The summed E-state index contributed by atoms with van der Waals surface area (Å²) in [5.74, 6) is 0.718. The minimum atomic E-state index is 0.373. The summed E-state index contributed by atoms with van der Waals surface area (Å²) in [6.07, 6.45) is 3.79. The Balaban J connectivity index is 1.80.